The van der Waals surface area contributed by atoms with Gasteiger partial charge in [-0.05, 0) is 6.92 Å². The summed E-state index contributed by atoms with van der Waals surface area (Å²) in [5.74, 6) is -0.305. The van der Waals surface area contributed by atoms with E-state index in [0.717, 1.165) is 16.7 Å². The molecular formula is C11H14F3N3O2S. The summed E-state index contributed by atoms with van der Waals surface area (Å²) in [4.78, 5) is 15.3. The van der Waals surface area contributed by atoms with Gasteiger partial charge in [0.25, 0.3) is 0 Å². The highest BCUT2D eigenvalue weighted by Crippen LogP contribution is 2.29. The lowest BCUT2D eigenvalue weighted by Crippen LogP contribution is -2.55. The van der Waals surface area contributed by atoms with Gasteiger partial charge in [-0.25, -0.2) is 4.98 Å². The topological polar surface area (TPSA) is 63.2 Å². The first kappa shape index (κ1) is 15.2. The number of hydrogen-bond acceptors (Lipinski definition) is 5. The van der Waals surface area contributed by atoms with Gasteiger partial charge in [0.05, 0.1) is 19.3 Å². The van der Waals surface area contributed by atoms with Crippen molar-refractivity contribution in [2.24, 2.45) is 0 Å². The molecule has 112 valence electrons. The molecule has 0 bridgehead atoms. The van der Waals surface area contributed by atoms with Gasteiger partial charge in [0.1, 0.15) is 11.0 Å². The van der Waals surface area contributed by atoms with Crippen molar-refractivity contribution in [3.8, 4) is 0 Å². The molecule has 0 unspecified atom stereocenters. The first-order chi connectivity index (χ1) is 9.38. The van der Waals surface area contributed by atoms with Gasteiger partial charge in [-0.1, -0.05) is 0 Å². The van der Waals surface area contributed by atoms with Gasteiger partial charge in [-0.15, -0.1) is 11.3 Å². The van der Waals surface area contributed by atoms with Gasteiger partial charge in [0.15, 0.2) is 5.69 Å². The summed E-state index contributed by atoms with van der Waals surface area (Å²) in [6.07, 6.45) is -4.72. The smallest absolute Gasteiger partial charge is 0.375 e. The van der Waals surface area contributed by atoms with E-state index in [-0.39, 0.29) is 23.6 Å². The van der Waals surface area contributed by atoms with Crippen LogP contribution < -0.4 is 10.6 Å². The van der Waals surface area contributed by atoms with Crippen molar-refractivity contribution in [3.63, 3.8) is 0 Å². The lowest BCUT2D eigenvalue weighted by Gasteiger charge is -2.29. The van der Waals surface area contributed by atoms with E-state index in [9.17, 15) is 18.0 Å². The van der Waals surface area contributed by atoms with Crippen LogP contribution >= 0.6 is 11.3 Å². The van der Waals surface area contributed by atoms with Crippen molar-refractivity contribution in [1.82, 2.24) is 15.6 Å². The Labute approximate surface area is 117 Å². The van der Waals surface area contributed by atoms with E-state index in [1.807, 2.05) is 0 Å². The highest BCUT2D eigenvalue weighted by atomic mass is 32.1. The summed E-state index contributed by atoms with van der Waals surface area (Å²) in [5.41, 5.74) is -0.931. The van der Waals surface area contributed by atoms with E-state index < -0.39 is 17.9 Å². The number of ether oxygens (including phenoxy) is 1. The van der Waals surface area contributed by atoms with Crippen LogP contribution in [0, 0.1) is 0 Å². The molecule has 2 N–H and O–H groups in total. The number of amides is 1. The third-order valence-electron chi connectivity index (χ3n) is 2.85. The van der Waals surface area contributed by atoms with Gasteiger partial charge in [-0.3, -0.25) is 4.79 Å². The zero-order valence-electron chi connectivity index (χ0n) is 10.7. The fourth-order valence-corrected chi connectivity index (χ4v) is 2.56. The monoisotopic (exact) mass is 309 g/mol. The fourth-order valence-electron chi connectivity index (χ4n) is 1.82. The molecule has 20 heavy (non-hydrogen) atoms. The third kappa shape index (κ3) is 3.68. The molecule has 9 heteroatoms. The number of carbonyl (C=O) groups excluding carboxylic acids is 1. The molecule has 1 aromatic rings. The predicted molar refractivity (Wildman–Crippen MR) is 66.2 cm³/mol. The molecule has 0 aromatic carbocycles. The normalized spacial score (nSPS) is 23.6. The number of rotatable bonds is 3. The average Bonchev–Trinajstić information content (AvgIpc) is 2.85. The van der Waals surface area contributed by atoms with Crippen LogP contribution in [0.4, 0.5) is 13.2 Å². The molecule has 0 saturated carbocycles. The minimum atomic E-state index is -4.45. The number of hydrogen-bond donors (Lipinski definition) is 2. The third-order valence-corrected chi connectivity index (χ3v) is 3.70. The molecule has 2 heterocycles. The molecule has 1 aliphatic rings. The first-order valence-corrected chi connectivity index (χ1v) is 6.90. The average molecular weight is 309 g/mol. The Morgan fingerprint density at radius 1 is 1.65 bits per heavy atom. The van der Waals surface area contributed by atoms with E-state index in [4.69, 9.17) is 4.74 Å². The summed E-state index contributed by atoms with van der Waals surface area (Å²) in [6, 6.07) is -0.495. The van der Waals surface area contributed by atoms with E-state index in [2.05, 4.69) is 15.6 Å². The number of nitrogens with one attached hydrogen (secondary N) is 2. The zero-order chi connectivity index (χ0) is 14.8. The quantitative estimate of drug-likeness (QED) is 0.879. The van der Waals surface area contributed by atoms with Crippen molar-refractivity contribution < 1.29 is 22.7 Å². The summed E-state index contributed by atoms with van der Waals surface area (Å²) >= 11 is 0.868. The Morgan fingerprint density at radius 2 is 2.40 bits per heavy atom. The SMILES string of the molecule is C[C@H]1OCCN[C@@H]1C(=O)NCc1nc(C(F)(F)F)cs1. The number of carbonyl (C=O) groups is 1. The second-order valence-corrected chi connectivity index (χ2v) is 5.29. The number of alkyl halides is 3. The van der Waals surface area contributed by atoms with Crippen LogP contribution in [0.2, 0.25) is 0 Å². The van der Waals surface area contributed by atoms with Crippen LogP contribution in [0.25, 0.3) is 0 Å². The molecule has 2 atom stereocenters. The maximum absolute atomic E-state index is 12.4. The first-order valence-electron chi connectivity index (χ1n) is 6.02. The van der Waals surface area contributed by atoms with Crippen LogP contribution in [-0.4, -0.2) is 36.2 Å². The van der Waals surface area contributed by atoms with Crippen LogP contribution in [0.3, 0.4) is 0 Å². The molecular weight excluding hydrogens is 295 g/mol. The summed E-state index contributed by atoms with van der Waals surface area (Å²) in [6.45, 7) is 2.84. The molecule has 1 aromatic heterocycles. The molecule has 5 nitrogen and oxygen atoms in total. The molecule has 0 spiro atoms. The number of nitrogens with zero attached hydrogens (tertiary/aromatic N) is 1. The second-order valence-electron chi connectivity index (χ2n) is 4.35. The van der Waals surface area contributed by atoms with Crippen LogP contribution in [-0.2, 0) is 22.3 Å². The predicted octanol–water partition coefficient (Wildman–Crippen LogP) is 1.15. The highest BCUT2D eigenvalue weighted by Gasteiger charge is 2.34. The molecule has 0 aliphatic carbocycles. The van der Waals surface area contributed by atoms with Crippen molar-refractivity contribution in [1.29, 1.82) is 0 Å². The molecule has 0 radical (unpaired) electrons. The Bertz CT molecular complexity index is 478. The van der Waals surface area contributed by atoms with Crippen molar-refractivity contribution in [2.75, 3.05) is 13.2 Å². The van der Waals surface area contributed by atoms with Crippen LogP contribution in [0.15, 0.2) is 5.38 Å². The fraction of sp³-hybridized carbons (Fsp3) is 0.636. The lowest BCUT2D eigenvalue weighted by atomic mass is 10.1. The number of morpholine rings is 1. The zero-order valence-corrected chi connectivity index (χ0v) is 11.5. The van der Waals surface area contributed by atoms with Gasteiger partial charge < -0.3 is 15.4 Å². The van der Waals surface area contributed by atoms with E-state index in [1.54, 1.807) is 6.92 Å². The lowest BCUT2D eigenvalue weighted by molar-refractivity contribution is -0.140. The maximum Gasteiger partial charge on any atom is 0.434 e. The largest absolute Gasteiger partial charge is 0.434 e. The highest BCUT2D eigenvalue weighted by molar-refractivity contribution is 7.09. The second kappa shape index (κ2) is 6.06. The van der Waals surface area contributed by atoms with Gasteiger partial charge >= 0.3 is 6.18 Å². The Balaban J connectivity index is 1.88. The molecule has 1 saturated heterocycles. The standard InChI is InChI=1S/C11H14F3N3O2S/c1-6-9(15-2-3-19-6)10(18)16-4-8-17-7(5-20-8)11(12,13)14/h5-6,9,15H,2-4H2,1H3,(H,16,18)/t6-,9+/m1/s1. The van der Waals surface area contributed by atoms with E-state index in [0.29, 0.717) is 13.2 Å². The number of halogens is 3. The molecule has 1 amide bonds. The van der Waals surface area contributed by atoms with Gasteiger partial charge in [-0.2, -0.15) is 13.2 Å². The number of aromatic nitrogens is 1. The Kier molecular flexibility index (Phi) is 4.61. The van der Waals surface area contributed by atoms with E-state index in [1.165, 1.54) is 0 Å². The molecule has 1 fully saturated rings. The van der Waals surface area contributed by atoms with Crippen molar-refractivity contribution in [2.45, 2.75) is 31.8 Å². The van der Waals surface area contributed by atoms with Crippen molar-refractivity contribution in [3.05, 3.63) is 16.1 Å². The molecule has 2 rings (SSSR count). The van der Waals surface area contributed by atoms with Gasteiger partial charge in [0, 0.05) is 11.9 Å². The number of thiazole rings is 1. The van der Waals surface area contributed by atoms with Crippen molar-refractivity contribution >= 4 is 17.2 Å². The minimum Gasteiger partial charge on any atom is -0.375 e. The Hall–Kier alpha value is -1.19. The maximum atomic E-state index is 12.4. The van der Waals surface area contributed by atoms with Gasteiger partial charge in [0.2, 0.25) is 5.91 Å². The van der Waals surface area contributed by atoms with Crippen LogP contribution in [0.5, 0.6) is 0 Å². The van der Waals surface area contributed by atoms with Crippen LogP contribution in [0.1, 0.15) is 17.6 Å². The van der Waals surface area contributed by atoms with E-state index >= 15 is 0 Å². The summed E-state index contributed by atoms with van der Waals surface area (Å²) < 4.78 is 42.4. The minimum absolute atomic E-state index is 0.0233. The molecule has 1 aliphatic heterocycles. The summed E-state index contributed by atoms with van der Waals surface area (Å²) in [5, 5.41) is 6.72. The Morgan fingerprint density at radius 3 is 3.00 bits per heavy atom. The summed E-state index contributed by atoms with van der Waals surface area (Å²) in [7, 11) is 0.